The summed E-state index contributed by atoms with van der Waals surface area (Å²) in [5.74, 6) is -0.273. The highest BCUT2D eigenvalue weighted by atomic mass is 16.5. The number of aliphatic hydroxyl groups excluding tert-OH is 1. The molecule has 0 heterocycles. The number of hydrogen-bond acceptors (Lipinski definition) is 4. The molecule has 0 bridgehead atoms. The van der Waals surface area contributed by atoms with E-state index >= 15 is 0 Å². The first-order chi connectivity index (χ1) is 9.92. The van der Waals surface area contributed by atoms with Crippen molar-refractivity contribution >= 4 is 5.97 Å². The summed E-state index contributed by atoms with van der Waals surface area (Å²) in [5.41, 5.74) is 0.962. The topological polar surface area (TPSA) is 66.8 Å². The molecule has 21 heavy (non-hydrogen) atoms. The molecule has 0 aliphatic heterocycles. The fourth-order valence-electron chi connectivity index (χ4n) is 2.38. The molecule has 0 unspecified atom stereocenters. The van der Waals surface area contributed by atoms with Crippen LogP contribution in [0.15, 0.2) is 18.2 Å². The van der Waals surface area contributed by atoms with Crippen LogP contribution in [0.25, 0.3) is 0 Å². The molecule has 118 valence electrons. The van der Waals surface area contributed by atoms with Gasteiger partial charge in [-0.1, -0.05) is 40.0 Å². The Hall–Kier alpha value is -1.55. The second-order valence-corrected chi connectivity index (χ2v) is 5.93. The minimum absolute atomic E-state index is 0.0189. The second-order valence-electron chi connectivity index (χ2n) is 5.93. The van der Waals surface area contributed by atoms with Gasteiger partial charge in [-0.25, -0.2) is 4.79 Å². The Labute approximate surface area is 126 Å². The number of ether oxygens (including phenoxy) is 1. The van der Waals surface area contributed by atoms with Crippen molar-refractivity contribution in [1.82, 2.24) is 0 Å². The summed E-state index contributed by atoms with van der Waals surface area (Å²) in [7, 11) is 0. The highest BCUT2D eigenvalue weighted by molar-refractivity contribution is 5.90. The molecule has 0 saturated carbocycles. The van der Waals surface area contributed by atoms with E-state index < -0.39 is 5.97 Å². The number of aromatic hydroxyl groups is 1. The van der Waals surface area contributed by atoms with E-state index in [0.717, 1.165) is 31.2 Å². The van der Waals surface area contributed by atoms with E-state index in [2.05, 4.69) is 20.8 Å². The van der Waals surface area contributed by atoms with Crippen molar-refractivity contribution in [2.24, 2.45) is 0 Å². The average Bonchev–Trinajstić information content (AvgIpc) is 2.45. The van der Waals surface area contributed by atoms with E-state index in [9.17, 15) is 9.90 Å². The van der Waals surface area contributed by atoms with Gasteiger partial charge in [-0.2, -0.15) is 0 Å². The van der Waals surface area contributed by atoms with Crippen molar-refractivity contribution in [3.63, 3.8) is 0 Å². The van der Waals surface area contributed by atoms with Crippen molar-refractivity contribution < 1.29 is 19.7 Å². The lowest BCUT2D eigenvalue weighted by Crippen LogP contribution is -2.18. The van der Waals surface area contributed by atoms with Crippen molar-refractivity contribution in [3.05, 3.63) is 29.3 Å². The van der Waals surface area contributed by atoms with E-state index in [-0.39, 0.29) is 24.4 Å². The number of unbranched alkanes of at least 4 members (excludes halogenated alkanes) is 2. The van der Waals surface area contributed by atoms with Crippen LogP contribution in [0.5, 0.6) is 5.75 Å². The molecule has 1 aromatic carbocycles. The number of phenols is 1. The number of phenolic OH excluding ortho intramolecular Hbond substituents is 1. The van der Waals surface area contributed by atoms with E-state index in [1.54, 1.807) is 12.1 Å². The molecular formula is C17H26O4. The van der Waals surface area contributed by atoms with Crippen LogP contribution in [0.4, 0.5) is 0 Å². The van der Waals surface area contributed by atoms with Crippen LogP contribution in [0.3, 0.4) is 0 Å². The molecule has 0 aliphatic rings. The molecule has 1 rings (SSSR count). The molecule has 2 N–H and O–H groups in total. The number of carbonyl (C=O) groups is 1. The third-order valence-electron chi connectivity index (χ3n) is 3.69. The molecule has 0 radical (unpaired) electrons. The van der Waals surface area contributed by atoms with Gasteiger partial charge in [0, 0.05) is 5.56 Å². The molecule has 0 saturated heterocycles. The largest absolute Gasteiger partial charge is 0.508 e. The van der Waals surface area contributed by atoms with Crippen LogP contribution < -0.4 is 0 Å². The van der Waals surface area contributed by atoms with Gasteiger partial charge in [0.05, 0.1) is 12.2 Å². The van der Waals surface area contributed by atoms with Crippen LogP contribution in [-0.4, -0.2) is 29.4 Å². The van der Waals surface area contributed by atoms with Gasteiger partial charge >= 0.3 is 5.97 Å². The zero-order valence-electron chi connectivity index (χ0n) is 13.2. The van der Waals surface area contributed by atoms with Crippen LogP contribution in [0.2, 0.25) is 0 Å². The molecule has 0 spiro atoms. The summed E-state index contributed by atoms with van der Waals surface area (Å²) in [4.78, 5) is 11.8. The summed E-state index contributed by atoms with van der Waals surface area (Å²) in [6, 6.07) is 4.77. The zero-order valence-corrected chi connectivity index (χ0v) is 13.2. The predicted molar refractivity (Wildman–Crippen MR) is 82.6 cm³/mol. The summed E-state index contributed by atoms with van der Waals surface area (Å²) in [6.45, 7) is 6.08. The van der Waals surface area contributed by atoms with E-state index in [4.69, 9.17) is 9.84 Å². The van der Waals surface area contributed by atoms with Gasteiger partial charge in [0.25, 0.3) is 0 Å². The number of benzene rings is 1. The van der Waals surface area contributed by atoms with Crippen LogP contribution in [0.1, 0.15) is 62.4 Å². The van der Waals surface area contributed by atoms with Gasteiger partial charge in [0.1, 0.15) is 12.4 Å². The molecular weight excluding hydrogens is 268 g/mol. The van der Waals surface area contributed by atoms with Gasteiger partial charge in [-0.05, 0) is 30.0 Å². The van der Waals surface area contributed by atoms with E-state index in [1.165, 1.54) is 6.07 Å². The van der Waals surface area contributed by atoms with Crippen molar-refractivity contribution in [2.45, 2.75) is 51.9 Å². The second kappa shape index (κ2) is 8.03. The standard InChI is InChI=1S/C17H26O4/c1-4-5-6-9-17(2,3)14-12-13(7-8-15(14)19)16(20)21-11-10-18/h7-8,12,18-19H,4-6,9-11H2,1-3H3. The Morgan fingerprint density at radius 3 is 2.62 bits per heavy atom. The average molecular weight is 294 g/mol. The monoisotopic (exact) mass is 294 g/mol. The fraction of sp³-hybridized carbons (Fsp3) is 0.588. The summed E-state index contributed by atoms with van der Waals surface area (Å²) >= 11 is 0. The Morgan fingerprint density at radius 1 is 1.29 bits per heavy atom. The Bertz CT molecular complexity index is 466. The van der Waals surface area contributed by atoms with Crippen LogP contribution >= 0.6 is 0 Å². The first-order valence-electron chi connectivity index (χ1n) is 7.54. The summed E-state index contributed by atoms with van der Waals surface area (Å²) in [5, 5.41) is 18.8. The quantitative estimate of drug-likeness (QED) is 0.569. The van der Waals surface area contributed by atoms with Gasteiger partial charge in [-0.3, -0.25) is 0 Å². The summed E-state index contributed by atoms with van der Waals surface area (Å²) < 4.78 is 4.91. The lowest BCUT2D eigenvalue weighted by Gasteiger charge is -2.26. The molecule has 4 heteroatoms. The number of aliphatic hydroxyl groups is 1. The maximum Gasteiger partial charge on any atom is 0.338 e. The number of esters is 1. The lowest BCUT2D eigenvalue weighted by atomic mass is 9.79. The van der Waals surface area contributed by atoms with Gasteiger partial charge < -0.3 is 14.9 Å². The molecule has 1 aromatic rings. The van der Waals surface area contributed by atoms with Crippen molar-refractivity contribution in [1.29, 1.82) is 0 Å². The maximum absolute atomic E-state index is 11.8. The highest BCUT2D eigenvalue weighted by Gasteiger charge is 2.25. The van der Waals surface area contributed by atoms with Crippen molar-refractivity contribution in [2.75, 3.05) is 13.2 Å². The summed E-state index contributed by atoms with van der Waals surface area (Å²) in [6.07, 6.45) is 4.34. The van der Waals surface area contributed by atoms with Crippen LogP contribution in [-0.2, 0) is 10.2 Å². The maximum atomic E-state index is 11.8. The zero-order chi connectivity index (χ0) is 15.9. The van der Waals surface area contributed by atoms with Crippen LogP contribution in [0, 0.1) is 0 Å². The first-order valence-corrected chi connectivity index (χ1v) is 7.54. The van der Waals surface area contributed by atoms with E-state index in [0.29, 0.717) is 5.56 Å². The molecule has 4 nitrogen and oxygen atoms in total. The predicted octanol–water partition coefficient (Wildman–Crippen LogP) is 3.40. The smallest absolute Gasteiger partial charge is 0.338 e. The van der Waals surface area contributed by atoms with Crippen molar-refractivity contribution in [3.8, 4) is 5.75 Å². The van der Waals surface area contributed by atoms with E-state index in [1.807, 2.05) is 0 Å². The third-order valence-corrected chi connectivity index (χ3v) is 3.69. The Kier molecular flexibility index (Phi) is 6.69. The molecule has 0 aliphatic carbocycles. The molecule has 0 amide bonds. The molecule has 0 atom stereocenters. The van der Waals surface area contributed by atoms with Gasteiger partial charge in [0.2, 0.25) is 0 Å². The van der Waals surface area contributed by atoms with Gasteiger partial charge in [0.15, 0.2) is 0 Å². The number of rotatable bonds is 8. The first kappa shape index (κ1) is 17.5. The molecule has 0 aromatic heterocycles. The fourth-order valence-corrected chi connectivity index (χ4v) is 2.38. The lowest BCUT2D eigenvalue weighted by molar-refractivity contribution is 0.0433. The number of hydrogen-bond donors (Lipinski definition) is 2. The Balaban J connectivity index is 2.93. The van der Waals surface area contributed by atoms with Gasteiger partial charge in [-0.15, -0.1) is 0 Å². The third kappa shape index (κ3) is 5.05. The SMILES string of the molecule is CCCCCC(C)(C)c1cc(C(=O)OCCO)ccc1O. The normalized spacial score (nSPS) is 11.4. The Morgan fingerprint density at radius 2 is 2.00 bits per heavy atom. The minimum atomic E-state index is -0.477. The highest BCUT2D eigenvalue weighted by Crippen LogP contribution is 2.35. The minimum Gasteiger partial charge on any atom is -0.508 e. The molecule has 0 fully saturated rings. The number of carbonyl (C=O) groups excluding carboxylic acids is 1.